The number of ether oxygens (including phenoxy) is 3. The van der Waals surface area contributed by atoms with Gasteiger partial charge >= 0.3 is 0 Å². The maximum Gasteiger partial charge on any atom is 0.186 e. The topological polar surface area (TPSA) is 190 Å². The first-order valence-corrected chi connectivity index (χ1v) is 7.07. The fourth-order valence-corrected chi connectivity index (χ4v) is 2.46. The van der Waals surface area contributed by atoms with Crippen LogP contribution in [0.4, 0.5) is 0 Å². The number of aliphatic hydroxyl groups is 8. The molecule has 8 N–H and O–H groups in total. The number of aliphatic hydroxyl groups excluding tert-OH is 8. The molecule has 0 aromatic heterocycles. The van der Waals surface area contributed by atoms with Crippen molar-refractivity contribution < 1.29 is 55.1 Å². The van der Waals surface area contributed by atoms with Gasteiger partial charge in [-0.25, -0.2) is 0 Å². The summed E-state index contributed by atoms with van der Waals surface area (Å²) in [5.74, 6) is 0. The fraction of sp³-hybridized carbons (Fsp3) is 1.00. The Labute approximate surface area is 130 Å². The standard InChI is InChI=1S/C12H22O11/c13-1-3-5(14)8(17)10(19)12(23-3)21-2-4-6(15)7(16)9(18)11(20)22-4/h3-20H,1-2H2/t3-,4-,5+,6-,7+,8+,9+,10-,11-,12+/m1/s1. The lowest BCUT2D eigenvalue weighted by molar-refractivity contribution is -0.325. The molecule has 0 unspecified atom stereocenters. The van der Waals surface area contributed by atoms with Crippen molar-refractivity contribution in [1.29, 1.82) is 0 Å². The molecule has 0 aromatic rings. The lowest BCUT2D eigenvalue weighted by Gasteiger charge is -2.41. The third kappa shape index (κ3) is 3.81. The molecule has 136 valence electrons. The largest absolute Gasteiger partial charge is 0.394 e. The van der Waals surface area contributed by atoms with E-state index in [1.807, 2.05) is 0 Å². The highest BCUT2D eigenvalue weighted by Crippen LogP contribution is 2.24. The average molecular weight is 342 g/mol. The van der Waals surface area contributed by atoms with Crippen molar-refractivity contribution >= 4 is 0 Å². The maximum atomic E-state index is 9.78. The van der Waals surface area contributed by atoms with Crippen molar-refractivity contribution in [3.8, 4) is 0 Å². The molecule has 0 saturated carbocycles. The summed E-state index contributed by atoms with van der Waals surface area (Å²) in [5, 5.41) is 76.1. The van der Waals surface area contributed by atoms with Gasteiger partial charge in [0.25, 0.3) is 0 Å². The van der Waals surface area contributed by atoms with Crippen molar-refractivity contribution in [1.82, 2.24) is 0 Å². The average Bonchev–Trinajstić information content (AvgIpc) is 2.54. The molecule has 0 bridgehead atoms. The van der Waals surface area contributed by atoms with E-state index in [-0.39, 0.29) is 0 Å². The van der Waals surface area contributed by atoms with Gasteiger partial charge in [-0.05, 0) is 0 Å². The van der Waals surface area contributed by atoms with Gasteiger partial charge in [-0.15, -0.1) is 0 Å². The zero-order chi connectivity index (χ0) is 17.3. The molecule has 0 amide bonds. The molecule has 0 spiro atoms. The summed E-state index contributed by atoms with van der Waals surface area (Å²) in [7, 11) is 0. The number of rotatable bonds is 4. The summed E-state index contributed by atoms with van der Waals surface area (Å²) in [4.78, 5) is 0. The van der Waals surface area contributed by atoms with E-state index in [4.69, 9.17) is 19.3 Å². The molecule has 2 fully saturated rings. The second-order valence-corrected chi connectivity index (χ2v) is 5.57. The molecular formula is C12H22O11. The Morgan fingerprint density at radius 1 is 0.652 bits per heavy atom. The summed E-state index contributed by atoms with van der Waals surface area (Å²) < 4.78 is 15.1. The maximum absolute atomic E-state index is 9.78. The predicted molar refractivity (Wildman–Crippen MR) is 68.6 cm³/mol. The predicted octanol–water partition coefficient (Wildman–Crippen LogP) is -5.40. The van der Waals surface area contributed by atoms with Gasteiger partial charge in [-0.3, -0.25) is 0 Å². The van der Waals surface area contributed by atoms with Crippen LogP contribution in [0, 0.1) is 0 Å². The quantitative estimate of drug-likeness (QED) is 0.243. The highest BCUT2D eigenvalue weighted by atomic mass is 16.7. The van der Waals surface area contributed by atoms with Crippen LogP contribution in [0.5, 0.6) is 0 Å². The Kier molecular flexibility index (Phi) is 6.27. The second-order valence-electron chi connectivity index (χ2n) is 5.57. The SMILES string of the molecule is OC[C@H]1O[C@H](OC[C@H]2O[C@@H](O)[C@@H](O)[C@@H](O)[C@@H]2O)[C@H](O)[C@@H](O)[C@H]1O. The zero-order valence-corrected chi connectivity index (χ0v) is 12.0. The monoisotopic (exact) mass is 342 g/mol. The first kappa shape index (κ1) is 18.9. The van der Waals surface area contributed by atoms with Gasteiger partial charge in [-0.1, -0.05) is 0 Å². The van der Waals surface area contributed by atoms with E-state index in [2.05, 4.69) is 0 Å². The smallest absolute Gasteiger partial charge is 0.186 e. The van der Waals surface area contributed by atoms with Gasteiger partial charge in [0.2, 0.25) is 0 Å². The van der Waals surface area contributed by atoms with Crippen LogP contribution in [0.25, 0.3) is 0 Å². The van der Waals surface area contributed by atoms with Crippen LogP contribution >= 0.6 is 0 Å². The number of hydrogen-bond acceptors (Lipinski definition) is 11. The summed E-state index contributed by atoms with van der Waals surface area (Å²) in [6.45, 7) is -1.10. The van der Waals surface area contributed by atoms with Gasteiger partial charge < -0.3 is 55.1 Å². The second kappa shape index (κ2) is 7.63. The molecular weight excluding hydrogens is 320 g/mol. The first-order chi connectivity index (χ1) is 10.8. The van der Waals surface area contributed by atoms with E-state index in [1.165, 1.54) is 0 Å². The third-order valence-corrected chi connectivity index (χ3v) is 3.96. The van der Waals surface area contributed by atoms with E-state index in [9.17, 15) is 35.7 Å². The minimum atomic E-state index is -1.74. The van der Waals surface area contributed by atoms with Crippen LogP contribution in [0.3, 0.4) is 0 Å². The van der Waals surface area contributed by atoms with E-state index in [0.29, 0.717) is 0 Å². The summed E-state index contributed by atoms with van der Waals surface area (Å²) in [6, 6.07) is 0. The molecule has 0 aromatic carbocycles. The first-order valence-electron chi connectivity index (χ1n) is 7.07. The van der Waals surface area contributed by atoms with Crippen LogP contribution < -0.4 is 0 Å². The van der Waals surface area contributed by atoms with E-state index in [0.717, 1.165) is 0 Å². The zero-order valence-electron chi connectivity index (χ0n) is 12.0. The van der Waals surface area contributed by atoms with E-state index in [1.54, 1.807) is 0 Å². The Morgan fingerprint density at radius 3 is 1.83 bits per heavy atom. The van der Waals surface area contributed by atoms with E-state index < -0.39 is 74.6 Å². The van der Waals surface area contributed by atoms with E-state index >= 15 is 0 Å². The molecule has 11 heteroatoms. The van der Waals surface area contributed by atoms with Crippen molar-refractivity contribution in [2.75, 3.05) is 13.2 Å². The Bertz CT molecular complexity index is 380. The van der Waals surface area contributed by atoms with Crippen LogP contribution in [0.2, 0.25) is 0 Å². The van der Waals surface area contributed by atoms with Gasteiger partial charge in [0, 0.05) is 0 Å². The van der Waals surface area contributed by atoms with Gasteiger partial charge in [0.05, 0.1) is 13.2 Å². The molecule has 0 radical (unpaired) electrons. The highest BCUT2D eigenvalue weighted by Gasteiger charge is 2.46. The molecule has 2 rings (SSSR count). The molecule has 11 nitrogen and oxygen atoms in total. The summed E-state index contributed by atoms with van der Waals surface area (Å²) in [5.41, 5.74) is 0. The minimum Gasteiger partial charge on any atom is -0.394 e. The van der Waals surface area contributed by atoms with Crippen molar-refractivity contribution in [3.05, 3.63) is 0 Å². The molecule has 10 atom stereocenters. The van der Waals surface area contributed by atoms with Crippen molar-refractivity contribution in [2.45, 2.75) is 61.4 Å². The molecule has 23 heavy (non-hydrogen) atoms. The Morgan fingerprint density at radius 2 is 1.22 bits per heavy atom. The number of hydrogen-bond donors (Lipinski definition) is 8. The summed E-state index contributed by atoms with van der Waals surface area (Å²) >= 11 is 0. The highest BCUT2D eigenvalue weighted by molar-refractivity contribution is 4.91. The lowest BCUT2D eigenvalue weighted by Crippen LogP contribution is -2.61. The molecule has 2 saturated heterocycles. The van der Waals surface area contributed by atoms with Gasteiger partial charge in [0.15, 0.2) is 12.6 Å². The molecule has 2 heterocycles. The van der Waals surface area contributed by atoms with Crippen LogP contribution in [-0.2, 0) is 14.2 Å². The van der Waals surface area contributed by atoms with Crippen LogP contribution in [-0.4, -0.2) is 115 Å². The van der Waals surface area contributed by atoms with Crippen molar-refractivity contribution in [3.63, 3.8) is 0 Å². The van der Waals surface area contributed by atoms with Crippen LogP contribution in [0.15, 0.2) is 0 Å². The summed E-state index contributed by atoms with van der Waals surface area (Å²) in [6.07, 6.45) is -15.3. The van der Waals surface area contributed by atoms with Gasteiger partial charge in [-0.2, -0.15) is 0 Å². The molecule has 0 aliphatic carbocycles. The lowest BCUT2D eigenvalue weighted by atomic mass is 9.98. The van der Waals surface area contributed by atoms with Crippen molar-refractivity contribution in [2.24, 2.45) is 0 Å². The fourth-order valence-electron chi connectivity index (χ4n) is 2.46. The molecule has 2 aliphatic heterocycles. The Balaban J connectivity index is 1.94. The normalized spacial score (nSPS) is 51.7. The molecule has 2 aliphatic rings. The third-order valence-electron chi connectivity index (χ3n) is 3.96. The van der Waals surface area contributed by atoms with Gasteiger partial charge in [0.1, 0.15) is 48.8 Å². The Hall–Kier alpha value is -0.440. The minimum absolute atomic E-state index is 0.468. The van der Waals surface area contributed by atoms with Crippen LogP contribution in [0.1, 0.15) is 0 Å².